The maximum atomic E-state index is 13.3. The number of benzene rings is 2. The molecule has 1 aliphatic rings. The second-order valence-corrected chi connectivity index (χ2v) is 8.05. The minimum Gasteiger partial charge on any atom is -0.344 e. The summed E-state index contributed by atoms with van der Waals surface area (Å²) in [6.45, 7) is 0. The van der Waals surface area contributed by atoms with Gasteiger partial charge in [-0.3, -0.25) is 9.36 Å². The number of nitrogens with one attached hydrogen (secondary N) is 1. The van der Waals surface area contributed by atoms with Gasteiger partial charge in [0.15, 0.2) is 5.16 Å². The van der Waals surface area contributed by atoms with E-state index in [-0.39, 0.29) is 17.8 Å². The van der Waals surface area contributed by atoms with Crippen LogP contribution in [0.15, 0.2) is 64.8 Å². The van der Waals surface area contributed by atoms with Gasteiger partial charge in [0.1, 0.15) is 11.5 Å². The van der Waals surface area contributed by atoms with Crippen molar-refractivity contribution >= 4 is 29.4 Å². The highest BCUT2D eigenvalue weighted by atomic mass is 32.2. The Morgan fingerprint density at radius 3 is 2.81 bits per heavy atom. The van der Waals surface area contributed by atoms with Gasteiger partial charge in [0, 0.05) is 16.3 Å². The lowest BCUT2D eigenvalue weighted by Gasteiger charge is -2.26. The Labute approximate surface area is 165 Å². The van der Waals surface area contributed by atoms with Gasteiger partial charge < -0.3 is 5.32 Å². The minimum absolute atomic E-state index is 0.0238. The maximum absolute atomic E-state index is 13.3. The van der Waals surface area contributed by atoms with Gasteiger partial charge in [0.05, 0.1) is 12.2 Å². The van der Waals surface area contributed by atoms with E-state index in [9.17, 15) is 9.18 Å². The van der Waals surface area contributed by atoms with Gasteiger partial charge in [-0.25, -0.2) is 9.37 Å². The van der Waals surface area contributed by atoms with Crippen LogP contribution in [-0.4, -0.2) is 27.5 Å². The van der Waals surface area contributed by atoms with Crippen LogP contribution in [0.1, 0.15) is 28.5 Å². The lowest BCUT2D eigenvalue weighted by Crippen LogP contribution is -2.32. The third-order valence-corrected chi connectivity index (χ3v) is 6.27. The van der Waals surface area contributed by atoms with E-state index in [4.69, 9.17) is 0 Å². The number of hydrogen-bond donors (Lipinski definition) is 1. The number of carbonyl (C=O) groups excluding carboxylic acids is 1. The van der Waals surface area contributed by atoms with Crippen LogP contribution in [0, 0.1) is 5.82 Å². The molecule has 0 spiro atoms. The van der Waals surface area contributed by atoms with Gasteiger partial charge in [-0.1, -0.05) is 30.0 Å². The molecule has 1 aromatic heterocycles. The number of amides is 1. The summed E-state index contributed by atoms with van der Waals surface area (Å²) in [6.07, 6.45) is 4.36. The molecule has 4 nitrogen and oxygen atoms in total. The predicted octanol–water partition coefficient (Wildman–Crippen LogP) is 4.70. The molecule has 1 unspecified atom stereocenters. The van der Waals surface area contributed by atoms with Gasteiger partial charge >= 0.3 is 0 Å². The molecular weight excluding hydrogens is 381 g/mol. The molecule has 4 rings (SSSR count). The van der Waals surface area contributed by atoms with Crippen molar-refractivity contribution in [2.75, 3.05) is 12.0 Å². The highest BCUT2D eigenvalue weighted by Gasteiger charge is 2.25. The SMILES string of the molecule is CSc1ncc(C(=O)NC2CCSc3ccccc32)n1-c1ccc(F)cc1. The van der Waals surface area contributed by atoms with Gasteiger partial charge in [-0.05, 0) is 48.6 Å². The van der Waals surface area contributed by atoms with E-state index in [0.29, 0.717) is 16.5 Å². The van der Waals surface area contributed by atoms with Crippen molar-refractivity contribution in [1.29, 1.82) is 0 Å². The Morgan fingerprint density at radius 2 is 2.04 bits per heavy atom. The first-order valence-corrected chi connectivity index (χ1v) is 10.8. The number of nitrogens with zero attached hydrogens (tertiary/aromatic N) is 2. The Balaban J connectivity index is 1.65. The molecule has 27 heavy (non-hydrogen) atoms. The maximum Gasteiger partial charge on any atom is 0.270 e. The number of carbonyl (C=O) groups is 1. The Morgan fingerprint density at radius 1 is 1.26 bits per heavy atom. The Hall–Kier alpha value is -2.25. The summed E-state index contributed by atoms with van der Waals surface area (Å²) in [5.41, 5.74) is 2.31. The molecule has 0 radical (unpaired) electrons. The van der Waals surface area contributed by atoms with Crippen LogP contribution >= 0.6 is 23.5 Å². The lowest BCUT2D eigenvalue weighted by molar-refractivity contribution is 0.0927. The number of rotatable bonds is 4. The highest BCUT2D eigenvalue weighted by Crippen LogP contribution is 2.36. The van der Waals surface area contributed by atoms with E-state index in [1.54, 1.807) is 22.9 Å². The monoisotopic (exact) mass is 399 g/mol. The first-order chi connectivity index (χ1) is 13.2. The normalized spacial score (nSPS) is 16.0. The second kappa shape index (κ2) is 7.78. The fourth-order valence-corrected chi connectivity index (χ4v) is 4.87. The smallest absolute Gasteiger partial charge is 0.270 e. The number of aromatic nitrogens is 2. The summed E-state index contributed by atoms with van der Waals surface area (Å²) in [7, 11) is 0. The highest BCUT2D eigenvalue weighted by molar-refractivity contribution is 7.99. The van der Waals surface area contributed by atoms with Crippen LogP contribution in [0.25, 0.3) is 5.69 Å². The van der Waals surface area contributed by atoms with Gasteiger partial charge in [-0.15, -0.1) is 11.8 Å². The van der Waals surface area contributed by atoms with Crippen molar-refractivity contribution in [3.63, 3.8) is 0 Å². The molecule has 1 amide bonds. The number of halogens is 1. The molecule has 138 valence electrons. The topological polar surface area (TPSA) is 46.9 Å². The molecule has 0 bridgehead atoms. The minimum atomic E-state index is -0.313. The summed E-state index contributed by atoms with van der Waals surface area (Å²) in [5, 5.41) is 3.84. The van der Waals surface area contributed by atoms with E-state index in [2.05, 4.69) is 22.4 Å². The molecule has 3 aromatic rings. The quantitative estimate of drug-likeness (QED) is 0.646. The van der Waals surface area contributed by atoms with Crippen molar-refractivity contribution in [2.24, 2.45) is 0 Å². The third kappa shape index (κ3) is 3.61. The second-order valence-electron chi connectivity index (χ2n) is 6.14. The zero-order valence-corrected chi connectivity index (χ0v) is 16.3. The zero-order chi connectivity index (χ0) is 18.8. The van der Waals surface area contributed by atoms with Crippen molar-refractivity contribution in [2.45, 2.75) is 22.5 Å². The van der Waals surface area contributed by atoms with Gasteiger partial charge in [-0.2, -0.15) is 0 Å². The summed E-state index contributed by atoms with van der Waals surface area (Å²) in [6, 6.07) is 14.2. The van der Waals surface area contributed by atoms with Gasteiger partial charge in [0.2, 0.25) is 0 Å². The average Bonchev–Trinajstić information content (AvgIpc) is 3.13. The molecule has 0 saturated heterocycles. The molecule has 0 aliphatic carbocycles. The number of thioether (sulfide) groups is 2. The van der Waals surface area contributed by atoms with Crippen LogP contribution in [0.4, 0.5) is 4.39 Å². The van der Waals surface area contributed by atoms with Crippen LogP contribution in [0.2, 0.25) is 0 Å². The molecule has 7 heteroatoms. The average molecular weight is 400 g/mol. The molecule has 2 heterocycles. The lowest BCUT2D eigenvalue weighted by atomic mass is 10.0. The van der Waals surface area contributed by atoms with E-state index in [1.165, 1.54) is 28.8 Å². The number of fused-ring (bicyclic) bond motifs is 1. The predicted molar refractivity (Wildman–Crippen MR) is 107 cm³/mol. The molecule has 2 aromatic carbocycles. The number of imidazole rings is 1. The molecule has 1 aliphatic heterocycles. The van der Waals surface area contributed by atoms with Crippen molar-refractivity contribution in [3.8, 4) is 5.69 Å². The van der Waals surface area contributed by atoms with E-state index >= 15 is 0 Å². The van der Waals surface area contributed by atoms with Crippen LogP contribution in [-0.2, 0) is 0 Å². The largest absolute Gasteiger partial charge is 0.344 e. The Kier molecular flexibility index (Phi) is 5.22. The summed E-state index contributed by atoms with van der Waals surface area (Å²) in [4.78, 5) is 18.6. The standard InChI is InChI=1S/C20H18FN3OS2/c1-26-20-22-12-17(24(20)14-8-6-13(21)7-9-14)19(25)23-16-10-11-27-18-5-3-2-4-15(16)18/h2-9,12,16H,10-11H2,1H3,(H,23,25). The molecule has 0 saturated carbocycles. The van der Waals surface area contributed by atoms with E-state index < -0.39 is 0 Å². The fourth-order valence-electron chi connectivity index (χ4n) is 3.20. The molecule has 1 atom stereocenters. The Bertz CT molecular complexity index is 972. The van der Waals surface area contributed by atoms with Crippen molar-refractivity contribution < 1.29 is 9.18 Å². The first kappa shape index (κ1) is 18.1. The van der Waals surface area contributed by atoms with Gasteiger partial charge in [0.25, 0.3) is 5.91 Å². The fraction of sp³-hybridized carbons (Fsp3) is 0.200. The zero-order valence-electron chi connectivity index (χ0n) is 14.7. The van der Waals surface area contributed by atoms with Crippen LogP contribution in [0.5, 0.6) is 0 Å². The van der Waals surface area contributed by atoms with Crippen LogP contribution < -0.4 is 5.32 Å². The first-order valence-electron chi connectivity index (χ1n) is 8.57. The number of hydrogen-bond acceptors (Lipinski definition) is 4. The van der Waals surface area contributed by atoms with E-state index in [0.717, 1.165) is 17.7 Å². The van der Waals surface area contributed by atoms with E-state index in [1.807, 2.05) is 30.2 Å². The molecular formula is C20H18FN3OS2. The van der Waals surface area contributed by atoms with Crippen molar-refractivity contribution in [3.05, 3.63) is 71.8 Å². The summed E-state index contributed by atoms with van der Waals surface area (Å²) >= 11 is 3.26. The molecule has 0 fully saturated rings. The molecule has 1 N–H and O–H groups in total. The summed E-state index contributed by atoms with van der Waals surface area (Å²) < 4.78 is 15.1. The van der Waals surface area contributed by atoms with Crippen molar-refractivity contribution in [1.82, 2.24) is 14.9 Å². The summed E-state index contributed by atoms with van der Waals surface area (Å²) in [5.74, 6) is 0.473. The third-order valence-electron chi connectivity index (χ3n) is 4.49. The van der Waals surface area contributed by atoms with Crippen LogP contribution in [0.3, 0.4) is 0 Å².